The van der Waals surface area contributed by atoms with Crippen LogP contribution in [0.3, 0.4) is 0 Å². The summed E-state index contributed by atoms with van der Waals surface area (Å²) in [4.78, 5) is 49.2. The molecule has 0 unspecified atom stereocenters. The molecule has 1 fully saturated rings. The van der Waals surface area contributed by atoms with Crippen LogP contribution in [0.1, 0.15) is 71.1 Å². The fraction of sp³-hybridized carbons (Fsp3) is 0.355. The van der Waals surface area contributed by atoms with E-state index in [4.69, 9.17) is 21.2 Å². The highest BCUT2D eigenvalue weighted by Gasteiger charge is 2.54. The Bertz CT molecular complexity index is 1710. The third kappa shape index (κ3) is 5.05. The van der Waals surface area contributed by atoms with Crippen molar-refractivity contribution in [1.82, 2.24) is 14.8 Å². The Morgan fingerprint density at radius 3 is 2.70 bits per heavy atom. The number of fused-ring (bicyclic) bond motifs is 5. The number of amides is 2. The van der Waals surface area contributed by atoms with Crippen molar-refractivity contribution in [2.75, 3.05) is 6.54 Å². The summed E-state index contributed by atoms with van der Waals surface area (Å²) < 4.78 is 35.8. The van der Waals surface area contributed by atoms with Gasteiger partial charge in [-0.15, -0.1) is 0 Å². The van der Waals surface area contributed by atoms with Crippen LogP contribution in [-0.4, -0.2) is 45.2 Å². The van der Waals surface area contributed by atoms with Gasteiger partial charge in [0.05, 0.1) is 11.8 Å². The number of carbonyl (C=O) groups is 2. The predicted octanol–water partition coefficient (Wildman–Crippen LogP) is 5.00. The molecule has 4 heterocycles. The van der Waals surface area contributed by atoms with E-state index in [1.807, 2.05) is 44.2 Å². The van der Waals surface area contributed by atoms with Crippen LogP contribution < -0.4 is 15.5 Å². The van der Waals surface area contributed by atoms with Gasteiger partial charge in [-0.2, -0.15) is 0 Å². The number of rotatable bonds is 6. The van der Waals surface area contributed by atoms with Crippen molar-refractivity contribution < 1.29 is 27.9 Å². The Balaban J connectivity index is 1.45. The van der Waals surface area contributed by atoms with Crippen LogP contribution in [0, 0.1) is 11.6 Å². The largest absolute Gasteiger partial charge is 0.483 e. The summed E-state index contributed by atoms with van der Waals surface area (Å²) in [6.07, 6.45) is 3.12. The van der Waals surface area contributed by atoms with Gasteiger partial charge >= 0.3 is 0 Å². The first kappa shape index (κ1) is 28.9. The number of nitrogens with one attached hydrogen (secondary N) is 1. The SMILES string of the molecule is CC1=NO[C@@]2(CC[C@H](C)N3C[C@H]2n2cc(C(=O)NCc4ccc(F)c(Cl)c4F)c(=O)c(OCc4ccccc4)c2C3=O)C1. The molecule has 9 nitrogen and oxygen atoms in total. The van der Waals surface area contributed by atoms with Crippen LogP contribution in [-0.2, 0) is 18.0 Å². The second-order valence-corrected chi connectivity index (χ2v) is 11.6. The molecule has 3 aromatic rings. The van der Waals surface area contributed by atoms with Gasteiger partial charge in [-0.25, -0.2) is 8.78 Å². The van der Waals surface area contributed by atoms with Crippen LogP contribution in [0.2, 0.25) is 5.02 Å². The number of pyridine rings is 1. The molecule has 43 heavy (non-hydrogen) atoms. The van der Waals surface area contributed by atoms with Crippen molar-refractivity contribution in [1.29, 1.82) is 0 Å². The Hall–Kier alpha value is -4.25. The summed E-state index contributed by atoms with van der Waals surface area (Å²) in [7, 11) is 0. The van der Waals surface area contributed by atoms with E-state index in [2.05, 4.69) is 10.5 Å². The van der Waals surface area contributed by atoms with Crippen molar-refractivity contribution in [3.63, 3.8) is 0 Å². The average molecular weight is 611 g/mol. The molecule has 2 bridgehead atoms. The summed E-state index contributed by atoms with van der Waals surface area (Å²) in [5.74, 6) is -3.40. The molecule has 3 aliphatic rings. The number of ether oxygens (including phenoxy) is 1. The van der Waals surface area contributed by atoms with Crippen molar-refractivity contribution in [3.8, 4) is 5.75 Å². The molecule has 1 spiro atoms. The van der Waals surface area contributed by atoms with Gasteiger partial charge in [-0.1, -0.05) is 53.2 Å². The minimum absolute atomic E-state index is 0.0230. The molecule has 1 aromatic heterocycles. The number of benzene rings is 2. The smallest absolute Gasteiger partial charge is 0.274 e. The van der Waals surface area contributed by atoms with Crippen LogP contribution in [0.5, 0.6) is 5.75 Å². The van der Waals surface area contributed by atoms with Gasteiger partial charge in [0.15, 0.2) is 17.0 Å². The number of hydrogen-bond acceptors (Lipinski definition) is 6. The van der Waals surface area contributed by atoms with Gasteiger partial charge in [0.25, 0.3) is 11.8 Å². The van der Waals surface area contributed by atoms with E-state index in [-0.39, 0.29) is 54.2 Å². The Kier molecular flexibility index (Phi) is 7.45. The maximum atomic E-state index is 14.5. The molecule has 2 amide bonds. The summed E-state index contributed by atoms with van der Waals surface area (Å²) >= 11 is 5.69. The van der Waals surface area contributed by atoms with E-state index in [9.17, 15) is 23.2 Å². The molecule has 3 aliphatic heterocycles. The summed E-state index contributed by atoms with van der Waals surface area (Å²) in [6.45, 7) is 3.73. The monoisotopic (exact) mass is 610 g/mol. The fourth-order valence-corrected chi connectivity index (χ4v) is 6.29. The van der Waals surface area contributed by atoms with E-state index in [0.717, 1.165) is 23.4 Å². The summed E-state index contributed by atoms with van der Waals surface area (Å²) in [5, 5.41) is 6.07. The number of oxime groups is 1. The molecule has 3 atom stereocenters. The van der Waals surface area contributed by atoms with E-state index >= 15 is 0 Å². The van der Waals surface area contributed by atoms with E-state index in [1.54, 1.807) is 9.47 Å². The van der Waals surface area contributed by atoms with Crippen LogP contribution >= 0.6 is 11.6 Å². The average Bonchev–Trinajstić information content (AvgIpc) is 3.33. The van der Waals surface area contributed by atoms with E-state index in [1.165, 1.54) is 6.20 Å². The van der Waals surface area contributed by atoms with Crippen molar-refractivity contribution >= 4 is 29.1 Å². The molecule has 1 N–H and O–H groups in total. The summed E-state index contributed by atoms with van der Waals surface area (Å²) in [5.41, 5.74) is -0.348. The van der Waals surface area contributed by atoms with Gasteiger partial charge in [0.2, 0.25) is 5.43 Å². The van der Waals surface area contributed by atoms with Crippen LogP contribution in [0.25, 0.3) is 0 Å². The predicted molar refractivity (Wildman–Crippen MR) is 154 cm³/mol. The molecular formula is C31H29ClF2N4O5. The Morgan fingerprint density at radius 2 is 1.98 bits per heavy atom. The zero-order valence-electron chi connectivity index (χ0n) is 23.5. The van der Waals surface area contributed by atoms with Crippen molar-refractivity contribution in [2.45, 2.75) is 63.9 Å². The lowest BCUT2D eigenvalue weighted by Crippen LogP contribution is -2.52. The van der Waals surface area contributed by atoms with Crippen molar-refractivity contribution in [3.05, 3.63) is 97.9 Å². The van der Waals surface area contributed by atoms with Gasteiger partial charge in [-0.05, 0) is 38.3 Å². The topological polar surface area (TPSA) is 102 Å². The van der Waals surface area contributed by atoms with Gasteiger partial charge in [0, 0.05) is 37.3 Å². The van der Waals surface area contributed by atoms with Crippen molar-refractivity contribution in [2.24, 2.45) is 5.16 Å². The zero-order chi connectivity index (χ0) is 30.5. The first-order chi connectivity index (χ1) is 20.6. The second-order valence-electron chi connectivity index (χ2n) is 11.3. The first-order valence-electron chi connectivity index (χ1n) is 14.0. The third-order valence-corrected chi connectivity index (χ3v) is 8.80. The second kappa shape index (κ2) is 11.1. The lowest BCUT2D eigenvalue weighted by Gasteiger charge is -2.42. The minimum atomic E-state index is -1.01. The number of halogens is 3. The van der Waals surface area contributed by atoms with Gasteiger partial charge in [0.1, 0.15) is 28.8 Å². The maximum absolute atomic E-state index is 14.5. The molecule has 6 rings (SSSR count). The first-order valence-corrected chi connectivity index (χ1v) is 14.4. The fourth-order valence-electron chi connectivity index (χ4n) is 6.11. The zero-order valence-corrected chi connectivity index (χ0v) is 24.3. The highest BCUT2D eigenvalue weighted by atomic mass is 35.5. The number of carbonyl (C=O) groups excluding carboxylic acids is 2. The highest BCUT2D eigenvalue weighted by Crippen LogP contribution is 2.46. The van der Waals surface area contributed by atoms with E-state index in [0.29, 0.717) is 19.3 Å². The maximum Gasteiger partial charge on any atom is 0.274 e. The number of hydrogen-bond donors (Lipinski definition) is 1. The molecule has 1 saturated heterocycles. The Labute approximate surface area is 251 Å². The normalized spacial score (nSPS) is 22.5. The quantitative estimate of drug-likeness (QED) is 0.396. The number of aromatic nitrogens is 1. The molecule has 0 saturated carbocycles. The minimum Gasteiger partial charge on any atom is -0.483 e. The van der Waals surface area contributed by atoms with Gasteiger partial charge in [-0.3, -0.25) is 14.4 Å². The summed E-state index contributed by atoms with van der Waals surface area (Å²) in [6, 6.07) is 10.7. The lowest BCUT2D eigenvalue weighted by molar-refractivity contribution is -0.0656. The van der Waals surface area contributed by atoms with E-state index < -0.39 is 39.6 Å². The molecule has 12 heteroatoms. The molecular weight excluding hydrogens is 582 g/mol. The van der Waals surface area contributed by atoms with Gasteiger partial charge < -0.3 is 24.4 Å². The molecule has 2 aromatic carbocycles. The Morgan fingerprint density at radius 1 is 1.21 bits per heavy atom. The molecule has 0 aliphatic carbocycles. The van der Waals surface area contributed by atoms with Crippen LogP contribution in [0.15, 0.2) is 58.6 Å². The lowest BCUT2D eigenvalue weighted by atomic mass is 9.84. The van der Waals surface area contributed by atoms with Crippen LogP contribution in [0.4, 0.5) is 8.78 Å². The number of nitrogens with zero attached hydrogens (tertiary/aromatic N) is 3. The highest BCUT2D eigenvalue weighted by molar-refractivity contribution is 6.31. The molecule has 224 valence electrons. The third-order valence-electron chi connectivity index (χ3n) is 8.45. The standard InChI is InChI=1S/C31H29ClF2N4O5/c1-17-12-31(43-36-17)11-10-18(2)37-15-23(31)38-14-21(29(40)35-13-20-8-9-22(33)24(32)25(20)34)27(39)28(26(38)30(37)41)42-16-19-6-4-3-5-7-19/h3-9,14,18,23H,10-13,15-16H2,1-2H3,(H,35,40)/t18-,23+,31-/m0/s1. The molecule has 0 radical (unpaired) electrons.